The molecule has 0 bridgehead atoms. The molecule has 29 heavy (non-hydrogen) atoms. The van der Waals surface area contributed by atoms with Crippen molar-refractivity contribution in [3.8, 4) is 0 Å². The van der Waals surface area contributed by atoms with Crippen molar-refractivity contribution in [2.45, 2.75) is 18.2 Å². The number of ketones is 1. The van der Waals surface area contributed by atoms with Crippen molar-refractivity contribution in [2.75, 3.05) is 6.26 Å². The Morgan fingerprint density at radius 3 is 2.28 bits per heavy atom. The molecule has 0 spiro atoms. The van der Waals surface area contributed by atoms with E-state index in [0.29, 0.717) is 16.3 Å². The molecule has 1 N–H and O–H groups in total. The molecule has 3 rings (SSSR count). The summed E-state index contributed by atoms with van der Waals surface area (Å²) in [6.45, 7) is 1.57. The molecule has 0 amide bonds. The maximum Gasteiger partial charge on any atom is 0.306 e. The van der Waals surface area contributed by atoms with Gasteiger partial charge < -0.3 is 5.11 Å². The largest absolute Gasteiger partial charge is 0.481 e. The fourth-order valence-corrected chi connectivity index (χ4v) is 3.78. The van der Waals surface area contributed by atoms with Crippen LogP contribution in [-0.2, 0) is 21.1 Å². The minimum absolute atomic E-state index is 0.0917. The van der Waals surface area contributed by atoms with Crippen molar-refractivity contribution in [1.82, 2.24) is 0 Å². The molecule has 0 aliphatic heterocycles. The quantitative estimate of drug-likeness (QED) is 0.619. The number of halogens is 1. The van der Waals surface area contributed by atoms with Crippen LogP contribution >= 0.6 is 0 Å². The zero-order valence-corrected chi connectivity index (χ0v) is 16.7. The van der Waals surface area contributed by atoms with E-state index in [2.05, 4.69) is 0 Å². The van der Waals surface area contributed by atoms with E-state index < -0.39 is 33.3 Å². The first kappa shape index (κ1) is 20.7. The van der Waals surface area contributed by atoms with Gasteiger partial charge in [-0.05, 0) is 65.2 Å². The molecule has 0 fully saturated rings. The summed E-state index contributed by atoms with van der Waals surface area (Å²) in [5.74, 6) is -2.49. The predicted octanol–water partition coefficient (Wildman–Crippen LogP) is 3.88. The lowest BCUT2D eigenvalue weighted by atomic mass is 9.91. The van der Waals surface area contributed by atoms with Crippen LogP contribution in [0.4, 0.5) is 4.39 Å². The number of hydrogen-bond donors (Lipinski definition) is 1. The van der Waals surface area contributed by atoms with E-state index in [0.717, 1.165) is 6.26 Å². The van der Waals surface area contributed by atoms with Gasteiger partial charge in [-0.1, -0.05) is 19.1 Å². The highest BCUT2D eigenvalue weighted by Gasteiger charge is 2.18. The normalized spacial score (nSPS) is 12.7. The van der Waals surface area contributed by atoms with Crippen molar-refractivity contribution in [2.24, 2.45) is 5.92 Å². The number of carbonyl (C=O) groups excluding carboxylic acids is 1. The van der Waals surface area contributed by atoms with Gasteiger partial charge in [0.05, 0.1) is 10.8 Å². The summed E-state index contributed by atoms with van der Waals surface area (Å²) >= 11 is 0. The van der Waals surface area contributed by atoms with E-state index in [9.17, 15) is 27.5 Å². The number of benzene rings is 3. The van der Waals surface area contributed by atoms with Crippen LogP contribution in [0.2, 0.25) is 0 Å². The average Bonchev–Trinajstić information content (AvgIpc) is 2.66. The second-order valence-corrected chi connectivity index (χ2v) is 9.09. The molecule has 5 nitrogen and oxygen atoms in total. The van der Waals surface area contributed by atoms with Crippen LogP contribution in [0, 0.1) is 11.7 Å². The molecule has 3 aromatic rings. The van der Waals surface area contributed by atoms with E-state index in [-0.39, 0.29) is 22.4 Å². The zero-order valence-electron chi connectivity index (χ0n) is 15.8. The molecular weight excluding hydrogens is 395 g/mol. The fraction of sp³-hybridized carbons (Fsp3) is 0.182. The molecule has 0 saturated heterocycles. The number of carboxylic acid groups (broad SMARTS) is 1. The van der Waals surface area contributed by atoms with Gasteiger partial charge in [-0.3, -0.25) is 9.59 Å². The lowest BCUT2D eigenvalue weighted by molar-refractivity contribution is -0.141. The molecule has 0 heterocycles. The van der Waals surface area contributed by atoms with E-state index in [1.165, 1.54) is 36.4 Å². The van der Waals surface area contributed by atoms with Gasteiger partial charge in [0.1, 0.15) is 5.82 Å². The Hall–Kier alpha value is -3.06. The SMILES string of the molecule is CC(Cc1cc(C(=O)c2ccc(S(C)(=O)=O)cc2)c2cc(F)ccc2c1)C(=O)O. The average molecular weight is 414 g/mol. The van der Waals surface area contributed by atoms with Crippen LogP contribution in [0.5, 0.6) is 0 Å². The van der Waals surface area contributed by atoms with Gasteiger partial charge in [-0.15, -0.1) is 0 Å². The van der Waals surface area contributed by atoms with Gasteiger partial charge in [-0.25, -0.2) is 12.8 Å². The van der Waals surface area contributed by atoms with Gasteiger partial charge in [0.2, 0.25) is 0 Å². The first-order chi connectivity index (χ1) is 13.6. The number of fused-ring (bicyclic) bond motifs is 1. The lowest BCUT2D eigenvalue weighted by Crippen LogP contribution is -2.13. The third-order valence-electron chi connectivity index (χ3n) is 4.73. The summed E-state index contributed by atoms with van der Waals surface area (Å²) < 4.78 is 37.1. The second kappa shape index (κ2) is 7.75. The van der Waals surface area contributed by atoms with Gasteiger partial charge in [-0.2, -0.15) is 0 Å². The standard InChI is InChI=1S/C22H19FO5S/c1-13(22(25)26)9-14-10-16-3-6-17(23)12-19(16)20(11-14)21(24)15-4-7-18(8-5-15)29(2,27)28/h3-8,10-13H,9H2,1-2H3,(H,25,26). The first-order valence-corrected chi connectivity index (χ1v) is 10.7. The van der Waals surface area contributed by atoms with E-state index in [1.807, 2.05) is 0 Å². The summed E-state index contributed by atoms with van der Waals surface area (Å²) in [5, 5.41) is 10.2. The topological polar surface area (TPSA) is 88.5 Å². The minimum Gasteiger partial charge on any atom is -0.481 e. The van der Waals surface area contributed by atoms with Crippen molar-refractivity contribution < 1.29 is 27.5 Å². The Morgan fingerprint density at radius 2 is 1.69 bits per heavy atom. The molecule has 0 radical (unpaired) electrons. The number of aliphatic carboxylic acids is 1. The Bertz CT molecular complexity index is 1210. The van der Waals surface area contributed by atoms with Crippen LogP contribution in [0.3, 0.4) is 0 Å². The Balaban J connectivity index is 2.11. The molecule has 0 saturated carbocycles. The van der Waals surface area contributed by atoms with Crippen molar-refractivity contribution in [3.05, 3.63) is 77.1 Å². The van der Waals surface area contributed by atoms with Crippen LogP contribution < -0.4 is 0 Å². The molecule has 150 valence electrons. The number of rotatable bonds is 6. The highest BCUT2D eigenvalue weighted by Crippen LogP contribution is 2.26. The summed E-state index contributed by atoms with van der Waals surface area (Å²) in [6.07, 6.45) is 1.29. The van der Waals surface area contributed by atoms with Gasteiger partial charge in [0.25, 0.3) is 0 Å². The molecule has 0 aliphatic rings. The van der Waals surface area contributed by atoms with Crippen LogP contribution in [0.1, 0.15) is 28.4 Å². The summed E-state index contributed by atoms with van der Waals surface area (Å²) in [6, 6.07) is 12.9. The summed E-state index contributed by atoms with van der Waals surface area (Å²) in [5.41, 5.74) is 1.14. The summed E-state index contributed by atoms with van der Waals surface area (Å²) in [4.78, 5) is 24.4. The summed E-state index contributed by atoms with van der Waals surface area (Å²) in [7, 11) is -3.40. The molecular formula is C22H19FO5S. The predicted molar refractivity (Wildman–Crippen MR) is 107 cm³/mol. The fourth-order valence-electron chi connectivity index (χ4n) is 3.15. The monoisotopic (exact) mass is 414 g/mol. The van der Waals surface area contributed by atoms with E-state index >= 15 is 0 Å². The second-order valence-electron chi connectivity index (χ2n) is 7.08. The Labute approximate surface area is 167 Å². The first-order valence-electron chi connectivity index (χ1n) is 8.86. The van der Waals surface area contributed by atoms with Crippen LogP contribution in [-0.4, -0.2) is 31.5 Å². The maximum absolute atomic E-state index is 13.8. The molecule has 0 aliphatic carbocycles. The van der Waals surface area contributed by atoms with Gasteiger partial charge in [0.15, 0.2) is 15.6 Å². The van der Waals surface area contributed by atoms with E-state index in [4.69, 9.17) is 0 Å². The Morgan fingerprint density at radius 1 is 1.03 bits per heavy atom. The molecule has 7 heteroatoms. The van der Waals surface area contributed by atoms with Gasteiger partial charge >= 0.3 is 5.97 Å². The molecule has 0 aromatic heterocycles. The molecule has 1 unspecified atom stereocenters. The van der Waals surface area contributed by atoms with Gasteiger partial charge in [0, 0.05) is 17.4 Å². The lowest BCUT2D eigenvalue weighted by Gasteiger charge is -2.12. The number of hydrogen-bond acceptors (Lipinski definition) is 4. The van der Waals surface area contributed by atoms with Crippen molar-refractivity contribution >= 4 is 32.4 Å². The van der Waals surface area contributed by atoms with Crippen LogP contribution in [0.15, 0.2) is 59.5 Å². The van der Waals surface area contributed by atoms with Crippen molar-refractivity contribution in [1.29, 1.82) is 0 Å². The highest BCUT2D eigenvalue weighted by atomic mass is 32.2. The Kier molecular flexibility index (Phi) is 5.53. The van der Waals surface area contributed by atoms with E-state index in [1.54, 1.807) is 25.1 Å². The van der Waals surface area contributed by atoms with Crippen LogP contribution in [0.25, 0.3) is 10.8 Å². The number of sulfone groups is 1. The zero-order chi connectivity index (χ0) is 21.3. The number of carboxylic acids is 1. The van der Waals surface area contributed by atoms with Crippen molar-refractivity contribution in [3.63, 3.8) is 0 Å². The smallest absolute Gasteiger partial charge is 0.306 e. The molecule has 3 aromatic carbocycles. The minimum atomic E-state index is -3.40. The highest BCUT2D eigenvalue weighted by molar-refractivity contribution is 7.90. The third-order valence-corrected chi connectivity index (χ3v) is 5.86. The third kappa shape index (κ3) is 4.51. The maximum atomic E-state index is 13.8. The molecule has 1 atom stereocenters. The number of carbonyl (C=O) groups is 2.